The van der Waals surface area contributed by atoms with Crippen LogP contribution in [0.2, 0.25) is 5.02 Å². The van der Waals surface area contributed by atoms with Gasteiger partial charge in [0.25, 0.3) is 0 Å². The van der Waals surface area contributed by atoms with E-state index in [1.165, 1.54) is 0 Å². The Morgan fingerprint density at radius 1 is 1.20 bits per heavy atom. The molecule has 1 aromatic heterocycles. The highest BCUT2D eigenvalue weighted by molar-refractivity contribution is 6.33. The average Bonchev–Trinajstić information content (AvgIpc) is 2.64. The molecule has 1 saturated heterocycles. The SMILES string of the molecule is N#Cc1ccc(N2CCN(CC(=O)Nc3ccccc3Cl)CC2)cn1. The molecule has 1 amide bonds. The molecule has 1 aromatic carbocycles. The van der Waals surface area contributed by atoms with Crippen molar-refractivity contribution < 1.29 is 4.79 Å². The molecule has 128 valence electrons. The van der Waals surface area contributed by atoms with E-state index in [0.717, 1.165) is 31.9 Å². The summed E-state index contributed by atoms with van der Waals surface area (Å²) in [5, 5.41) is 12.2. The number of benzene rings is 1. The van der Waals surface area contributed by atoms with Crippen molar-refractivity contribution in [1.29, 1.82) is 5.26 Å². The van der Waals surface area contributed by atoms with Gasteiger partial charge in [-0.05, 0) is 24.3 Å². The topological polar surface area (TPSA) is 72.3 Å². The van der Waals surface area contributed by atoms with Crippen molar-refractivity contribution in [2.45, 2.75) is 0 Å². The Kier molecular flexibility index (Phi) is 5.49. The lowest BCUT2D eigenvalue weighted by atomic mass is 10.2. The van der Waals surface area contributed by atoms with Crippen LogP contribution in [0.15, 0.2) is 42.6 Å². The number of anilines is 2. The minimum absolute atomic E-state index is 0.0680. The number of amides is 1. The maximum atomic E-state index is 12.2. The number of carbonyl (C=O) groups excluding carboxylic acids is 1. The Morgan fingerprint density at radius 3 is 2.60 bits per heavy atom. The molecule has 6 nitrogen and oxygen atoms in total. The summed E-state index contributed by atoms with van der Waals surface area (Å²) in [6.45, 7) is 3.54. The maximum Gasteiger partial charge on any atom is 0.238 e. The molecule has 1 fully saturated rings. The molecule has 2 heterocycles. The Bertz CT molecular complexity index is 779. The predicted molar refractivity (Wildman–Crippen MR) is 97.7 cm³/mol. The van der Waals surface area contributed by atoms with E-state index in [0.29, 0.717) is 22.9 Å². The summed E-state index contributed by atoms with van der Waals surface area (Å²) in [6.07, 6.45) is 1.72. The van der Waals surface area contributed by atoms with E-state index in [2.05, 4.69) is 20.1 Å². The van der Waals surface area contributed by atoms with Gasteiger partial charge in [0.2, 0.25) is 5.91 Å². The van der Waals surface area contributed by atoms with E-state index in [1.54, 1.807) is 24.4 Å². The van der Waals surface area contributed by atoms with E-state index in [4.69, 9.17) is 16.9 Å². The summed E-state index contributed by atoms with van der Waals surface area (Å²) in [7, 11) is 0. The van der Waals surface area contributed by atoms with Gasteiger partial charge < -0.3 is 10.2 Å². The van der Waals surface area contributed by atoms with Crippen molar-refractivity contribution in [1.82, 2.24) is 9.88 Å². The van der Waals surface area contributed by atoms with Gasteiger partial charge in [-0.1, -0.05) is 23.7 Å². The van der Waals surface area contributed by atoms with Crippen LogP contribution in [0.3, 0.4) is 0 Å². The molecule has 0 radical (unpaired) electrons. The zero-order valence-corrected chi connectivity index (χ0v) is 14.4. The second-order valence-electron chi connectivity index (χ2n) is 5.80. The summed E-state index contributed by atoms with van der Waals surface area (Å²) >= 11 is 6.06. The lowest BCUT2D eigenvalue weighted by Gasteiger charge is -2.35. The number of para-hydroxylation sites is 1. The smallest absolute Gasteiger partial charge is 0.238 e. The van der Waals surface area contributed by atoms with Crippen LogP contribution in [0.4, 0.5) is 11.4 Å². The minimum atomic E-state index is -0.0680. The number of rotatable bonds is 4. The molecule has 1 aliphatic heterocycles. The number of halogens is 1. The average molecular weight is 356 g/mol. The third-order valence-corrected chi connectivity index (χ3v) is 4.44. The third-order valence-electron chi connectivity index (χ3n) is 4.12. The molecule has 0 aliphatic carbocycles. The molecule has 7 heteroatoms. The van der Waals surface area contributed by atoms with Gasteiger partial charge in [0.05, 0.1) is 29.1 Å². The molecule has 0 atom stereocenters. The number of nitrogens with zero attached hydrogens (tertiary/aromatic N) is 4. The zero-order valence-electron chi connectivity index (χ0n) is 13.7. The molecule has 0 bridgehead atoms. The van der Waals surface area contributed by atoms with Crippen molar-refractivity contribution in [2.24, 2.45) is 0 Å². The lowest BCUT2D eigenvalue weighted by Crippen LogP contribution is -2.48. The predicted octanol–water partition coefficient (Wildman–Crippen LogP) is 2.37. The second-order valence-corrected chi connectivity index (χ2v) is 6.21. The molecular formula is C18H18ClN5O. The van der Waals surface area contributed by atoms with Crippen molar-refractivity contribution in [3.05, 3.63) is 53.3 Å². The Labute approximate surface area is 151 Å². The van der Waals surface area contributed by atoms with Crippen LogP contribution in [0.5, 0.6) is 0 Å². The van der Waals surface area contributed by atoms with Crippen molar-refractivity contribution in [2.75, 3.05) is 42.9 Å². The maximum absolute atomic E-state index is 12.2. The normalized spacial score (nSPS) is 14.8. The molecule has 25 heavy (non-hydrogen) atoms. The fraction of sp³-hybridized carbons (Fsp3) is 0.278. The summed E-state index contributed by atoms with van der Waals surface area (Å²) < 4.78 is 0. The van der Waals surface area contributed by atoms with E-state index in [1.807, 2.05) is 24.3 Å². The van der Waals surface area contributed by atoms with Crippen LogP contribution < -0.4 is 10.2 Å². The first-order valence-electron chi connectivity index (χ1n) is 8.03. The van der Waals surface area contributed by atoms with E-state index < -0.39 is 0 Å². The van der Waals surface area contributed by atoms with Crippen LogP contribution in [-0.2, 0) is 4.79 Å². The Hall–Kier alpha value is -2.62. The van der Waals surface area contributed by atoms with Gasteiger partial charge in [-0.2, -0.15) is 5.26 Å². The lowest BCUT2D eigenvalue weighted by molar-refractivity contribution is -0.117. The third kappa shape index (κ3) is 4.47. The van der Waals surface area contributed by atoms with Crippen molar-refractivity contribution >= 4 is 28.9 Å². The van der Waals surface area contributed by atoms with Gasteiger partial charge in [-0.15, -0.1) is 0 Å². The molecule has 0 spiro atoms. The quantitative estimate of drug-likeness (QED) is 0.911. The first kappa shape index (κ1) is 17.2. The van der Waals surface area contributed by atoms with Crippen LogP contribution >= 0.6 is 11.6 Å². The molecule has 1 N–H and O–H groups in total. The van der Waals surface area contributed by atoms with Gasteiger partial charge in [0.1, 0.15) is 11.8 Å². The van der Waals surface area contributed by atoms with Crippen LogP contribution in [0.1, 0.15) is 5.69 Å². The first-order valence-corrected chi connectivity index (χ1v) is 8.41. The number of nitrogens with one attached hydrogen (secondary N) is 1. The summed E-state index contributed by atoms with van der Waals surface area (Å²) in [6, 6.07) is 12.9. The van der Waals surface area contributed by atoms with Crippen molar-refractivity contribution in [3.63, 3.8) is 0 Å². The standard InChI is InChI=1S/C18H18ClN5O/c19-16-3-1-2-4-17(16)22-18(25)13-23-7-9-24(10-8-23)15-6-5-14(11-20)21-12-15/h1-6,12H,7-10,13H2,(H,22,25). The van der Waals surface area contributed by atoms with E-state index in [9.17, 15) is 4.79 Å². The molecular weight excluding hydrogens is 338 g/mol. The van der Waals surface area contributed by atoms with E-state index >= 15 is 0 Å². The number of aromatic nitrogens is 1. The largest absolute Gasteiger partial charge is 0.368 e. The van der Waals surface area contributed by atoms with Gasteiger partial charge in [-0.25, -0.2) is 4.98 Å². The van der Waals surface area contributed by atoms with E-state index in [-0.39, 0.29) is 5.91 Å². The number of pyridine rings is 1. The number of hydrogen-bond donors (Lipinski definition) is 1. The van der Waals surface area contributed by atoms with Gasteiger partial charge >= 0.3 is 0 Å². The highest BCUT2D eigenvalue weighted by Crippen LogP contribution is 2.20. The number of carbonyl (C=O) groups is 1. The zero-order chi connectivity index (χ0) is 17.6. The van der Waals surface area contributed by atoms with Gasteiger partial charge in [0.15, 0.2) is 0 Å². The molecule has 0 unspecified atom stereocenters. The van der Waals surface area contributed by atoms with Crippen LogP contribution in [0, 0.1) is 11.3 Å². The molecule has 0 saturated carbocycles. The Morgan fingerprint density at radius 2 is 1.96 bits per heavy atom. The summed E-state index contributed by atoms with van der Waals surface area (Å²) in [5.74, 6) is -0.0680. The minimum Gasteiger partial charge on any atom is -0.368 e. The second kappa shape index (κ2) is 7.97. The van der Waals surface area contributed by atoms with Gasteiger partial charge in [0, 0.05) is 26.2 Å². The first-order chi connectivity index (χ1) is 12.2. The summed E-state index contributed by atoms with van der Waals surface area (Å²) in [4.78, 5) is 20.6. The Balaban J connectivity index is 1.49. The molecule has 3 rings (SSSR count). The van der Waals surface area contributed by atoms with Crippen LogP contribution in [0.25, 0.3) is 0 Å². The molecule has 2 aromatic rings. The highest BCUT2D eigenvalue weighted by atomic mass is 35.5. The highest BCUT2D eigenvalue weighted by Gasteiger charge is 2.19. The fourth-order valence-corrected chi connectivity index (χ4v) is 2.94. The monoisotopic (exact) mass is 355 g/mol. The number of piperazine rings is 1. The number of nitriles is 1. The van der Waals surface area contributed by atoms with Crippen molar-refractivity contribution in [3.8, 4) is 6.07 Å². The number of hydrogen-bond acceptors (Lipinski definition) is 5. The van der Waals surface area contributed by atoms with Gasteiger partial charge in [-0.3, -0.25) is 9.69 Å². The molecule has 1 aliphatic rings. The van der Waals surface area contributed by atoms with Crippen LogP contribution in [-0.4, -0.2) is 48.5 Å². The fourth-order valence-electron chi connectivity index (χ4n) is 2.76. The summed E-state index contributed by atoms with van der Waals surface area (Å²) in [5.41, 5.74) is 2.05.